The van der Waals surface area contributed by atoms with E-state index in [2.05, 4.69) is 0 Å². The minimum absolute atomic E-state index is 0.00889. The Balaban J connectivity index is 1.87. The molecule has 1 amide bonds. The standard InChI is InChI=1S/C13H13NO3/c15-13-14-8-4-1-2-5-9(8)16-10-6-3-7-11(17-13)12(10)14/h1-2,4-5,10-12H,3,6-7H2/t10-,11+,12-/m1/s1. The Morgan fingerprint density at radius 1 is 1.12 bits per heavy atom. The Kier molecular flexibility index (Phi) is 1.73. The van der Waals surface area contributed by atoms with Gasteiger partial charge in [-0.05, 0) is 31.4 Å². The summed E-state index contributed by atoms with van der Waals surface area (Å²) in [7, 11) is 0. The molecule has 2 heterocycles. The fourth-order valence-electron chi connectivity index (χ4n) is 3.18. The molecule has 1 saturated heterocycles. The van der Waals surface area contributed by atoms with E-state index in [0.717, 1.165) is 30.7 Å². The number of ether oxygens (including phenoxy) is 2. The van der Waals surface area contributed by atoms with Gasteiger partial charge in [0, 0.05) is 0 Å². The minimum atomic E-state index is -0.220. The molecule has 0 bridgehead atoms. The van der Waals surface area contributed by atoms with Gasteiger partial charge in [0.15, 0.2) is 0 Å². The maximum Gasteiger partial charge on any atom is 0.415 e. The Labute approximate surface area is 99.1 Å². The van der Waals surface area contributed by atoms with E-state index in [1.807, 2.05) is 24.3 Å². The van der Waals surface area contributed by atoms with Gasteiger partial charge in [-0.25, -0.2) is 4.79 Å². The van der Waals surface area contributed by atoms with Crippen molar-refractivity contribution in [3.63, 3.8) is 0 Å². The van der Waals surface area contributed by atoms with Gasteiger partial charge in [0.05, 0.1) is 5.69 Å². The molecule has 1 aromatic carbocycles. The van der Waals surface area contributed by atoms with Gasteiger partial charge < -0.3 is 9.47 Å². The molecule has 1 aliphatic carbocycles. The highest BCUT2D eigenvalue weighted by atomic mass is 16.6. The smallest absolute Gasteiger partial charge is 0.415 e. The van der Waals surface area contributed by atoms with Gasteiger partial charge in [0.1, 0.15) is 24.0 Å². The van der Waals surface area contributed by atoms with Crippen LogP contribution < -0.4 is 9.64 Å². The van der Waals surface area contributed by atoms with Crippen LogP contribution in [-0.4, -0.2) is 24.3 Å². The fraction of sp³-hybridized carbons (Fsp3) is 0.462. The van der Waals surface area contributed by atoms with Crippen molar-refractivity contribution in [2.45, 2.75) is 37.5 Å². The number of carbonyl (C=O) groups excluding carboxylic acids is 1. The van der Waals surface area contributed by atoms with Crippen molar-refractivity contribution in [1.29, 1.82) is 0 Å². The maximum atomic E-state index is 12.0. The molecule has 88 valence electrons. The Morgan fingerprint density at radius 2 is 1.88 bits per heavy atom. The zero-order chi connectivity index (χ0) is 11.4. The second kappa shape index (κ2) is 3.15. The fourth-order valence-corrected chi connectivity index (χ4v) is 3.18. The first-order chi connectivity index (χ1) is 8.34. The van der Waals surface area contributed by atoms with Gasteiger partial charge in [0.25, 0.3) is 0 Å². The van der Waals surface area contributed by atoms with Crippen LogP contribution >= 0.6 is 0 Å². The monoisotopic (exact) mass is 231 g/mol. The molecule has 0 spiro atoms. The van der Waals surface area contributed by atoms with E-state index < -0.39 is 0 Å². The summed E-state index contributed by atoms with van der Waals surface area (Å²) < 4.78 is 11.4. The number of benzene rings is 1. The summed E-state index contributed by atoms with van der Waals surface area (Å²) in [5, 5.41) is 0. The van der Waals surface area contributed by atoms with Gasteiger partial charge in [0.2, 0.25) is 0 Å². The van der Waals surface area contributed by atoms with Crippen LogP contribution in [0.5, 0.6) is 5.75 Å². The van der Waals surface area contributed by atoms with Crippen molar-refractivity contribution in [2.75, 3.05) is 4.90 Å². The molecule has 2 fully saturated rings. The summed E-state index contributed by atoms with van der Waals surface area (Å²) in [6.07, 6.45) is 2.90. The number of carbonyl (C=O) groups is 1. The number of para-hydroxylation sites is 2. The lowest BCUT2D eigenvalue weighted by molar-refractivity contribution is 0.0524. The molecule has 3 aliphatic rings. The number of amides is 1. The van der Waals surface area contributed by atoms with Gasteiger partial charge >= 0.3 is 6.09 Å². The van der Waals surface area contributed by atoms with E-state index in [9.17, 15) is 4.79 Å². The molecular formula is C13H13NO3. The maximum absolute atomic E-state index is 12.0. The van der Waals surface area contributed by atoms with Gasteiger partial charge in [-0.15, -0.1) is 0 Å². The molecule has 4 heteroatoms. The lowest BCUT2D eigenvalue weighted by Crippen LogP contribution is -2.53. The number of anilines is 1. The Hall–Kier alpha value is -1.71. The van der Waals surface area contributed by atoms with Crippen LogP contribution in [0.4, 0.5) is 10.5 Å². The molecule has 17 heavy (non-hydrogen) atoms. The van der Waals surface area contributed by atoms with Crippen molar-refractivity contribution >= 4 is 11.8 Å². The molecular weight excluding hydrogens is 218 g/mol. The summed E-state index contributed by atoms with van der Waals surface area (Å²) in [5.41, 5.74) is 0.850. The van der Waals surface area contributed by atoms with Gasteiger partial charge in [-0.1, -0.05) is 12.1 Å². The second-order valence-electron chi connectivity index (χ2n) is 4.84. The topological polar surface area (TPSA) is 38.8 Å². The molecule has 1 aromatic rings. The predicted octanol–water partition coefficient (Wildman–Crippen LogP) is 2.33. The molecule has 0 radical (unpaired) electrons. The first-order valence-electron chi connectivity index (χ1n) is 6.10. The van der Waals surface area contributed by atoms with E-state index in [0.29, 0.717) is 0 Å². The average molecular weight is 231 g/mol. The van der Waals surface area contributed by atoms with Gasteiger partial charge in [-0.2, -0.15) is 0 Å². The molecule has 1 saturated carbocycles. The quantitative estimate of drug-likeness (QED) is 0.687. The highest BCUT2D eigenvalue weighted by Gasteiger charge is 2.52. The minimum Gasteiger partial charge on any atom is -0.486 e. The van der Waals surface area contributed by atoms with Crippen molar-refractivity contribution in [1.82, 2.24) is 0 Å². The summed E-state index contributed by atoms with van der Waals surface area (Å²) in [5.74, 6) is 0.799. The molecule has 0 N–H and O–H groups in total. The third-order valence-corrected chi connectivity index (χ3v) is 3.89. The zero-order valence-corrected chi connectivity index (χ0v) is 9.33. The summed E-state index contributed by atoms with van der Waals surface area (Å²) in [6, 6.07) is 7.77. The van der Waals surface area contributed by atoms with Crippen LogP contribution in [0.1, 0.15) is 19.3 Å². The first kappa shape index (κ1) is 9.33. The zero-order valence-electron chi connectivity index (χ0n) is 9.33. The van der Waals surface area contributed by atoms with E-state index in [4.69, 9.17) is 9.47 Å². The van der Waals surface area contributed by atoms with Crippen LogP contribution in [0, 0.1) is 0 Å². The van der Waals surface area contributed by atoms with E-state index >= 15 is 0 Å². The van der Waals surface area contributed by atoms with Crippen LogP contribution in [0.2, 0.25) is 0 Å². The van der Waals surface area contributed by atoms with E-state index in [1.54, 1.807) is 4.90 Å². The van der Waals surface area contributed by atoms with E-state index in [1.165, 1.54) is 0 Å². The number of nitrogens with zero attached hydrogens (tertiary/aromatic N) is 1. The lowest BCUT2D eigenvalue weighted by Gasteiger charge is -2.40. The molecule has 0 aromatic heterocycles. The summed E-state index contributed by atoms with van der Waals surface area (Å²) in [4.78, 5) is 13.7. The summed E-state index contributed by atoms with van der Waals surface area (Å²) >= 11 is 0. The predicted molar refractivity (Wildman–Crippen MR) is 61.2 cm³/mol. The molecule has 3 atom stereocenters. The molecule has 0 unspecified atom stereocenters. The van der Waals surface area contributed by atoms with Crippen molar-refractivity contribution in [3.05, 3.63) is 24.3 Å². The van der Waals surface area contributed by atoms with Crippen molar-refractivity contribution in [3.8, 4) is 5.75 Å². The molecule has 4 nitrogen and oxygen atoms in total. The highest BCUT2D eigenvalue weighted by molar-refractivity contribution is 5.93. The number of hydrogen-bond acceptors (Lipinski definition) is 3. The second-order valence-corrected chi connectivity index (χ2v) is 4.84. The third-order valence-electron chi connectivity index (χ3n) is 3.89. The van der Waals surface area contributed by atoms with Crippen LogP contribution in [-0.2, 0) is 4.74 Å². The number of rotatable bonds is 0. The SMILES string of the molecule is O=C1O[C@H]2CCC[C@H]3Oc4ccccc4N1[C@@H]23. The van der Waals surface area contributed by atoms with Crippen LogP contribution in [0.3, 0.4) is 0 Å². The van der Waals surface area contributed by atoms with E-state index in [-0.39, 0.29) is 24.3 Å². The largest absolute Gasteiger partial charge is 0.486 e. The normalized spacial score (nSPS) is 33.5. The Morgan fingerprint density at radius 3 is 2.76 bits per heavy atom. The third kappa shape index (κ3) is 1.15. The van der Waals surface area contributed by atoms with Crippen molar-refractivity contribution < 1.29 is 14.3 Å². The van der Waals surface area contributed by atoms with Gasteiger partial charge in [-0.3, -0.25) is 4.90 Å². The molecule has 2 aliphatic heterocycles. The van der Waals surface area contributed by atoms with Crippen LogP contribution in [0.25, 0.3) is 0 Å². The van der Waals surface area contributed by atoms with Crippen LogP contribution in [0.15, 0.2) is 24.3 Å². The lowest BCUT2D eigenvalue weighted by atomic mass is 9.88. The highest BCUT2D eigenvalue weighted by Crippen LogP contribution is 2.44. The number of fused-ring (bicyclic) bond motifs is 2. The molecule has 4 rings (SSSR count). The summed E-state index contributed by atoms with van der Waals surface area (Å²) in [6.45, 7) is 0. The average Bonchev–Trinajstić information content (AvgIpc) is 2.69. The Bertz CT molecular complexity index is 487. The number of hydrogen-bond donors (Lipinski definition) is 0. The van der Waals surface area contributed by atoms with Crippen molar-refractivity contribution in [2.24, 2.45) is 0 Å². The first-order valence-corrected chi connectivity index (χ1v) is 6.10.